The third-order valence-corrected chi connectivity index (χ3v) is 1.61. The van der Waals surface area contributed by atoms with Crippen molar-refractivity contribution in [3.63, 3.8) is 0 Å². The molecule has 0 bridgehead atoms. The Morgan fingerprint density at radius 1 is 1.58 bits per heavy atom. The van der Waals surface area contributed by atoms with E-state index in [1.807, 2.05) is 0 Å². The Hall–Kier alpha value is -1.36. The van der Waals surface area contributed by atoms with E-state index < -0.39 is 0 Å². The molecule has 12 heavy (non-hydrogen) atoms. The fourth-order valence-corrected chi connectivity index (χ4v) is 0.900. The first-order valence-electron chi connectivity index (χ1n) is 3.66. The van der Waals surface area contributed by atoms with Crippen LogP contribution in [0.15, 0.2) is 17.1 Å². The fraction of sp³-hybridized carbons (Fsp3) is 0.429. The average molecular weight is 169 g/mol. The number of aromatic amines is 1. The van der Waals surface area contributed by atoms with Crippen LogP contribution in [0, 0.1) is 0 Å². The van der Waals surface area contributed by atoms with Gasteiger partial charge in [-0.15, -0.1) is 0 Å². The van der Waals surface area contributed by atoms with Crippen LogP contribution in [0.1, 0.15) is 12.8 Å². The van der Waals surface area contributed by atoms with E-state index >= 15 is 0 Å². The molecule has 1 fully saturated rings. The predicted octanol–water partition coefficient (Wildman–Crippen LogP) is -0.481. The quantitative estimate of drug-likeness (QED) is 0.626. The van der Waals surface area contributed by atoms with Crippen LogP contribution in [0.3, 0.4) is 0 Å². The highest BCUT2D eigenvalue weighted by atomic mass is 16.1. The Balaban J connectivity index is 0.000000720. The first-order chi connectivity index (χ1) is 5.34. The molecule has 66 valence electrons. The summed E-state index contributed by atoms with van der Waals surface area (Å²) in [5, 5.41) is 3.16. The van der Waals surface area contributed by atoms with Crippen molar-refractivity contribution in [2.45, 2.75) is 18.9 Å². The van der Waals surface area contributed by atoms with Crippen LogP contribution in [-0.4, -0.2) is 21.5 Å². The molecule has 0 unspecified atom stereocenters. The maximum atomic E-state index is 10.7. The monoisotopic (exact) mass is 169 g/mol. The second-order valence-corrected chi connectivity index (χ2v) is 2.71. The van der Waals surface area contributed by atoms with Crippen LogP contribution in [-0.2, 0) is 0 Å². The number of hydrogen-bond acceptors (Lipinski definition) is 3. The van der Waals surface area contributed by atoms with Gasteiger partial charge in [-0.2, -0.15) is 0 Å². The van der Waals surface area contributed by atoms with Crippen LogP contribution >= 0.6 is 0 Å². The van der Waals surface area contributed by atoms with Crippen molar-refractivity contribution in [1.82, 2.24) is 9.97 Å². The lowest BCUT2D eigenvalue weighted by Gasteiger charge is -2.00. The van der Waals surface area contributed by atoms with Gasteiger partial charge in [-0.05, 0) is 18.9 Å². The second kappa shape index (κ2) is 3.36. The molecule has 1 saturated carbocycles. The molecule has 1 aliphatic carbocycles. The van der Waals surface area contributed by atoms with Crippen LogP contribution < -0.4 is 11.0 Å². The minimum absolute atomic E-state index is 0. The number of aromatic nitrogens is 2. The highest BCUT2D eigenvalue weighted by Gasteiger charge is 2.20. The summed E-state index contributed by atoms with van der Waals surface area (Å²) in [6.07, 6.45) is 3.90. The Morgan fingerprint density at radius 3 is 2.92 bits per heavy atom. The van der Waals surface area contributed by atoms with E-state index in [0.29, 0.717) is 6.04 Å². The summed E-state index contributed by atoms with van der Waals surface area (Å²) >= 11 is 0. The van der Waals surface area contributed by atoms with Crippen molar-refractivity contribution in [3.8, 4) is 0 Å². The molecular weight excluding hydrogens is 158 g/mol. The summed E-state index contributed by atoms with van der Waals surface area (Å²) in [7, 11) is 0. The van der Waals surface area contributed by atoms with Crippen LogP contribution in [0.25, 0.3) is 0 Å². The van der Waals surface area contributed by atoms with Gasteiger partial charge in [0.05, 0.1) is 0 Å². The van der Waals surface area contributed by atoms with Crippen molar-refractivity contribution in [2.24, 2.45) is 0 Å². The maximum absolute atomic E-state index is 10.7. The third kappa shape index (κ3) is 2.06. The minimum atomic E-state index is -0.296. The molecule has 0 spiro atoms. The minimum Gasteiger partial charge on any atom is -0.412 e. The van der Waals surface area contributed by atoms with E-state index in [0.717, 1.165) is 5.82 Å². The molecule has 4 N–H and O–H groups in total. The topological polar surface area (TPSA) is 89.3 Å². The first-order valence-corrected chi connectivity index (χ1v) is 3.66. The molecule has 0 aliphatic heterocycles. The number of H-pyrrole nitrogens is 1. The smallest absolute Gasteiger partial charge is 0.346 e. The summed E-state index contributed by atoms with van der Waals surface area (Å²) in [6, 6.07) is 2.33. The fourth-order valence-electron chi connectivity index (χ4n) is 0.900. The van der Waals surface area contributed by atoms with Gasteiger partial charge in [0.15, 0.2) is 0 Å². The molecule has 1 aromatic rings. The summed E-state index contributed by atoms with van der Waals surface area (Å²) in [5.41, 5.74) is -0.296. The Labute approximate surface area is 69.2 Å². The molecule has 5 nitrogen and oxygen atoms in total. The summed E-state index contributed by atoms with van der Waals surface area (Å²) < 4.78 is 0. The van der Waals surface area contributed by atoms with Gasteiger partial charge in [0.1, 0.15) is 5.82 Å². The third-order valence-electron chi connectivity index (χ3n) is 1.61. The van der Waals surface area contributed by atoms with Gasteiger partial charge in [-0.25, -0.2) is 9.78 Å². The molecule has 1 heterocycles. The van der Waals surface area contributed by atoms with Gasteiger partial charge in [-0.1, -0.05) is 0 Å². The van der Waals surface area contributed by atoms with Gasteiger partial charge in [0.25, 0.3) is 0 Å². The SMILES string of the molecule is O.O=c1nccc(NC2CC2)[nH]1. The average Bonchev–Trinajstić information content (AvgIpc) is 2.71. The molecule has 0 amide bonds. The number of anilines is 1. The molecule has 1 aliphatic rings. The number of hydrogen-bond donors (Lipinski definition) is 2. The number of rotatable bonds is 2. The zero-order valence-corrected chi connectivity index (χ0v) is 6.50. The van der Waals surface area contributed by atoms with Gasteiger partial charge in [0, 0.05) is 12.2 Å². The lowest BCUT2D eigenvalue weighted by Crippen LogP contribution is -2.13. The van der Waals surface area contributed by atoms with Crippen molar-refractivity contribution >= 4 is 5.82 Å². The molecular formula is C7H11N3O2. The van der Waals surface area contributed by atoms with E-state index in [9.17, 15) is 4.79 Å². The lowest BCUT2D eigenvalue weighted by molar-refractivity contribution is 0.824. The molecule has 1 aromatic heterocycles. The molecule has 0 saturated heterocycles. The van der Waals surface area contributed by atoms with Crippen LogP contribution in [0.4, 0.5) is 5.82 Å². The molecule has 0 atom stereocenters. The van der Waals surface area contributed by atoms with Crippen molar-refractivity contribution in [3.05, 3.63) is 22.7 Å². The number of nitrogens with zero attached hydrogens (tertiary/aromatic N) is 1. The Morgan fingerprint density at radius 2 is 2.33 bits per heavy atom. The Bertz CT molecular complexity index is 306. The Kier molecular flexibility index (Phi) is 2.44. The summed E-state index contributed by atoms with van der Waals surface area (Å²) in [4.78, 5) is 16.8. The van der Waals surface area contributed by atoms with E-state index in [1.165, 1.54) is 19.0 Å². The highest BCUT2D eigenvalue weighted by molar-refractivity contribution is 5.34. The van der Waals surface area contributed by atoms with Gasteiger partial charge >= 0.3 is 5.69 Å². The van der Waals surface area contributed by atoms with E-state index in [1.54, 1.807) is 6.07 Å². The summed E-state index contributed by atoms with van der Waals surface area (Å²) in [6.45, 7) is 0. The highest BCUT2D eigenvalue weighted by Crippen LogP contribution is 2.22. The van der Waals surface area contributed by atoms with Crippen LogP contribution in [0.2, 0.25) is 0 Å². The van der Waals surface area contributed by atoms with Crippen molar-refractivity contribution in [2.75, 3.05) is 5.32 Å². The van der Waals surface area contributed by atoms with Crippen molar-refractivity contribution in [1.29, 1.82) is 0 Å². The predicted molar refractivity (Wildman–Crippen MR) is 45.1 cm³/mol. The van der Waals surface area contributed by atoms with Gasteiger partial charge < -0.3 is 10.8 Å². The van der Waals surface area contributed by atoms with E-state index in [4.69, 9.17) is 0 Å². The second-order valence-electron chi connectivity index (χ2n) is 2.71. The standard InChI is InChI=1S/C7H9N3O.H2O/c11-7-8-4-3-6(10-7)9-5-1-2-5;/h3-5H,1-2H2,(H2,8,9,10,11);1H2. The van der Waals surface area contributed by atoms with Crippen molar-refractivity contribution < 1.29 is 5.48 Å². The molecule has 0 aromatic carbocycles. The maximum Gasteiger partial charge on any atom is 0.346 e. The first kappa shape index (κ1) is 8.73. The van der Waals surface area contributed by atoms with Gasteiger partial charge in [-0.3, -0.25) is 4.98 Å². The van der Waals surface area contributed by atoms with E-state index in [-0.39, 0.29) is 11.2 Å². The lowest BCUT2D eigenvalue weighted by atomic mass is 10.5. The normalized spacial score (nSPS) is 15.0. The zero-order valence-electron chi connectivity index (χ0n) is 6.50. The van der Waals surface area contributed by atoms with Gasteiger partial charge in [0.2, 0.25) is 0 Å². The molecule has 5 heteroatoms. The molecule has 0 radical (unpaired) electrons. The zero-order chi connectivity index (χ0) is 7.68. The van der Waals surface area contributed by atoms with E-state index in [2.05, 4.69) is 15.3 Å². The molecule has 2 rings (SSSR count). The largest absolute Gasteiger partial charge is 0.412 e. The number of nitrogens with one attached hydrogen (secondary N) is 2. The summed E-state index contributed by atoms with van der Waals surface area (Å²) in [5.74, 6) is 0.771. The van der Waals surface area contributed by atoms with Crippen LogP contribution in [0.5, 0.6) is 0 Å².